The second kappa shape index (κ2) is 4.70. The van der Waals surface area contributed by atoms with Gasteiger partial charge in [0.2, 0.25) is 6.20 Å². The quantitative estimate of drug-likeness (QED) is 0.448. The molecule has 6 heteroatoms. The fourth-order valence-electron chi connectivity index (χ4n) is 0.771. The van der Waals surface area contributed by atoms with Crippen molar-refractivity contribution in [2.24, 2.45) is 7.05 Å². The number of hydrogen-bond acceptors (Lipinski definition) is 4. The summed E-state index contributed by atoms with van der Waals surface area (Å²) in [6.45, 7) is 0. The number of thioether (sulfide) groups is 1. The number of nitrogen functional groups attached to an aromatic ring is 2. The number of nitrogens with zero attached hydrogens (tertiary/aromatic N) is 2. The van der Waals surface area contributed by atoms with Crippen molar-refractivity contribution in [1.29, 1.82) is 0 Å². The molecular weight excluding hydrogens is 287 g/mol. The molecule has 0 amide bonds. The molecule has 0 saturated carbocycles. The fraction of sp³-hybridized carbons (Fsp3) is 0.333. The van der Waals surface area contributed by atoms with E-state index in [1.54, 1.807) is 10.9 Å². The van der Waals surface area contributed by atoms with Crippen LogP contribution in [0.2, 0.25) is 0 Å². The largest absolute Gasteiger partial charge is 0.394 e. The van der Waals surface area contributed by atoms with E-state index in [9.17, 15) is 0 Å². The molecule has 0 aromatic carbocycles. The highest BCUT2D eigenvalue weighted by molar-refractivity contribution is 14.0. The molecule has 0 aliphatic heterocycles. The molecule has 1 rings (SSSR count). The molecule has 68 valence electrons. The van der Waals surface area contributed by atoms with Gasteiger partial charge in [0, 0.05) is 5.10 Å². The van der Waals surface area contributed by atoms with Gasteiger partial charge in [0.05, 0.1) is 0 Å². The SMILES string of the molecule is CSc1n[n+](C)cc(N)c1N.I. The van der Waals surface area contributed by atoms with Crippen LogP contribution in [0.1, 0.15) is 0 Å². The van der Waals surface area contributed by atoms with Crippen LogP contribution in [-0.4, -0.2) is 11.4 Å². The van der Waals surface area contributed by atoms with Crippen LogP contribution in [0.3, 0.4) is 0 Å². The lowest BCUT2D eigenvalue weighted by molar-refractivity contribution is -0.733. The zero-order valence-electron chi connectivity index (χ0n) is 6.94. The number of aromatic nitrogens is 2. The minimum Gasteiger partial charge on any atom is -0.394 e. The number of hydrogen-bond donors (Lipinski definition) is 2. The number of rotatable bonds is 1. The highest BCUT2D eigenvalue weighted by Crippen LogP contribution is 2.22. The number of halogens is 1. The van der Waals surface area contributed by atoms with E-state index in [0.29, 0.717) is 11.4 Å². The van der Waals surface area contributed by atoms with E-state index in [1.165, 1.54) is 11.8 Å². The van der Waals surface area contributed by atoms with Crippen molar-refractivity contribution < 1.29 is 4.68 Å². The molecule has 1 aromatic rings. The zero-order chi connectivity index (χ0) is 8.43. The molecular formula is C6H12IN4S+. The molecule has 4 nitrogen and oxygen atoms in total. The van der Waals surface area contributed by atoms with Gasteiger partial charge in [-0.25, -0.2) is 0 Å². The van der Waals surface area contributed by atoms with Crippen molar-refractivity contribution in [1.82, 2.24) is 5.10 Å². The standard InChI is InChI=1S/C6H10N4S.HI/c1-10-3-4(7)5(8)6(9-10)11-2;/h3,8H,7H2,1-2H3;1H/p+1. The first-order valence-electron chi connectivity index (χ1n) is 3.11. The van der Waals surface area contributed by atoms with Crippen LogP contribution in [0.5, 0.6) is 0 Å². The lowest BCUT2D eigenvalue weighted by Gasteiger charge is -1.99. The molecule has 0 spiro atoms. The summed E-state index contributed by atoms with van der Waals surface area (Å²) in [5, 5.41) is 4.90. The third kappa shape index (κ3) is 2.37. The van der Waals surface area contributed by atoms with E-state index in [1.807, 2.05) is 13.3 Å². The Kier molecular flexibility index (Phi) is 4.61. The van der Waals surface area contributed by atoms with Crippen molar-refractivity contribution in [2.45, 2.75) is 5.03 Å². The smallest absolute Gasteiger partial charge is 0.221 e. The maximum atomic E-state index is 5.64. The monoisotopic (exact) mass is 299 g/mol. The van der Waals surface area contributed by atoms with Crippen molar-refractivity contribution in [2.75, 3.05) is 17.7 Å². The third-order valence-electron chi connectivity index (χ3n) is 1.31. The topological polar surface area (TPSA) is 68.8 Å². The molecule has 0 aliphatic rings. The van der Waals surface area contributed by atoms with Crippen molar-refractivity contribution >= 4 is 47.1 Å². The molecule has 0 radical (unpaired) electrons. The van der Waals surface area contributed by atoms with Gasteiger partial charge in [-0.2, -0.15) is 0 Å². The summed E-state index contributed by atoms with van der Waals surface area (Å²) in [6, 6.07) is 0. The average Bonchev–Trinajstić information content (AvgIpc) is 1.96. The van der Waals surface area contributed by atoms with Gasteiger partial charge in [0.25, 0.3) is 0 Å². The van der Waals surface area contributed by atoms with Crippen LogP contribution < -0.4 is 16.1 Å². The molecule has 0 fully saturated rings. The first-order chi connectivity index (χ1) is 5.15. The molecule has 0 atom stereocenters. The minimum atomic E-state index is 0. The van der Waals surface area contributed by atoms with Crippen LogP contribution in [0, 0.1) is 0 Å². The summed E-state index contributed by atoms with van der Waals surface area (Å²) in [6.07, 6.45) is 3.60. The van der Waals surface area contributed by atoms with Crippen LogP contribution >= 0.6 is 35.7 Å². The maximum absolute atomic E-state index is 5.64. The Morgan fingerprint density at radius 2 is 2.08 bits per heavy atom. The number of anilines is 2. The summed E-state index contributed by atoms with van der Waals surface area (Å²) in [4.78, 5) is 0. The molecule has 12 heavy (non-hydrogen) atoms. The minimum absolute atomic E-state index is 0. The van der Waals surface area contributed by atoms with E-state index in [-0.39, 0.29) is 24.0 Å². The van der Waals surface area contributed by atoms with Crippen LogP contribution in [0.15, 0.2) is 11.2 Å². The molecule has 4 N–H and O–H groups in total. The molecule has 0 aliphatic carbocycles. The van der Waals surface area contributed by atoms with Crippen molar-refractivity contribution in [3.8, 4) is 0 Å². The Bertz CT molecular complexity index is 278. The first-order valence-corrected chi connectivity index (χ1v) is 4.33. The Labute approximate surface area is 92.7 Å². The molecule has 0 unspecified atom stereocenters. The predicted octanol–water partition coefficient (Wildman–Crippen LogP) is 0.410. The normalized spacial score (nSPS) is 9.17. The summed E-state index contributed by atoms with van der Waals surface area (Å²) in [5.41, 5.74) is 12.4. The van der Waals surface area contributed by atoms with Gasteiger partial charge < -0.3 is 11.5 Å². The van der Waals surface area contributed by atoms with Gasteiger partial charge in [0.1, 0.15) is 11.4 Å². The van der Waals surface area contributed by atoms with Crippen LogP contribution in [-0.2, 0) is 7.05 Å². The number of aryl methyl sites for hydroxylation is 1. The van der Waals surface area contributed by atoms with Gasteiger partial charge in [-0.1, -0.05) is 4.68 Å². The second-order valence-corrected chi connectivity index (χ2v) is 2.98. The Hall–Kier alpha value is -0.240. The van der Waals surface area contributed by atoms with Crippen molar-refractivity contribution in [3.63, 3.8) is 0 Å². The van der Waals surface area contributed by atoms with Crippen LogP contribution in [0.25, 0.3) is 0 Å². The Morgan fingerprint density at radius 3 is 2.58 bits per heavy atom. The predicted molar refractivity (Wildman–Crippen MR) is 61.4 cm³/mol. The average molecular weight is 299 g/mol. The van der Waals surface area contributed by atoms with Gasteiger partial charge in [-0.3, -0.25) is 0 Å². The lowest BCUT2D eigenvalue weighted by atomic mass is 10.4. The maximum Gasteiger partial charge on any atom is 0.221 e. The van der Waals surface area contributed by atoms with E-state index < -0.39 is 0 Å². The van der Waals surface area contributed by atoms with Crippen molar-refractivity contribution in [3.05, 3.63) is 6.20 Å². The first kappa shape index (κ1) is 11.8. The van der Waals surface area contributed by atoms with Gasteiger partial charge in [-0.15, -0.1) is 35.7 Å². The molecule has 0 saturated heterocycles. The van der Waals surface area contributed by atoms with E-state index >= 15 is 0 Å². The zero-order valence-corrected chi connectivity index (χ0v) is 10.1. The third-order valence-corrected chi connectivity index (χ3v) is 2.00. The highest BCUT2D eigenvalue weighted by Gasteiger charge is 2.09. The Balaban J connectivity index is 0.00000121. The molecule has 0 bridgehead atoms. The van der Waals surface area contributed by atoms with E-state index in [4.69, 9.17) is 11.5 Å². The number of nitrogens with two attached hydrogens (primary N) is 2. The van der Waals surface area contributed by atoms with Gasteiger partial charge >= 0.3 is 0 Å². The van der Waals surface area contributed by atoms with E-state index in [0.717, 1.165) is 5.03 Å². The van der Waals surface area contributed by atoms with Gasteiger partial charge in [0.15, 0.2) is 12.1 Å². The molecule has 1 heterocycles. The summed E-state index contributed by atoms with van der Waals surface area (Å²) in [5.74, 6) is 0. The fourth-order valence-corrected chi connectivity index (χ4v) is 1.32. The summed E-state index contributed by atoms with van der Waals surface area (Å²) < 4.78 is 1.65. The second-order valence-electron chi connectivity index (χ2n) is 2.18. The lowest BCUT2D eigenvalue weighted by Crippen LogP contribution is -2.33. The summed E-state index contributed by atoms with van der Waals surface area (Å²) in [7, 11) is 1.82. The summed E-state index contributed by atoms with van der Waals surface area (Å²) >= 11 is 1.49. The van der Waals surface area contributed by atoms with E-state index in [2.05, 4.69) is 5.10 Å². The Morgan fingerprint density at radius 1 is 1.50 bits per heavy atom. The van der Waals surface area contributed by atoms with Crippen LogP contribution in [0.4, 0.5) is 11.4 Å². The molecule has 1 aromatic heterocycles. The highest BCUT2D eigenvalue weighted by atomic mass is 127. The van der Waals surface area contributed by atoms with Gasteiger partial charge in [-0.05, 0) is 6.26 Å².